The Morgan fingerprint density at radius 2 is 2.20 bits per heavy atom. The van der Waals surface area contributed by atoms with E-state index in [0.29, 0.717) is 5.69 Å². The van der Waals surface area contributed by atoms with Gasteiger partial charge in [0.15, 0.2) is 0 Å². The summed E-state index contributed by atoms with van der Waals surface area (Å²) in [6, 6.07) is 3.83. The summed E-state index contributed by atoms with van der Waals surface area (Å²) in [5.74, 6) is -0.499. The highest BCUT2D eigenvalue weighted by Gasteiger charge is 1.98. The van der Waals surface area contributed by atoms with Crippen molar-refractivity contribution in [3.63, 3.8) is 0 Å². The van der Waals surface area contributed by atoms with E-state index in [1.54, 1.807) is 0 Å². The Balaban J connectivity index is 3.04. The third-order valence-corrected chi connectivity index (χ3v) is 1.34. The maximum atomic E-state index is 12.4. The predicted octanol–water partition coefficient (Wildman–Crippen LogP) is 2.28. The van der Waals surface area contributed by atoms with Crippen LogP contribution in [-0.4, -0.2) is 5.21 Å². The summed E-state index contributed by atoms with van der Waals surface area (Å²) in [5.41, 5.74) is 2.21. The molecule has 0 saturated carbocycles. The van der Waals surface area contributed by atoms with Crippen LogP contribution in [0.15, 0.2) is 18.2 Å². The van der Waals surface area contributed by atoms with Crippen molar-refractivity contribution in [2.75, 3.05) is 5.48 Å². The molecule has 0 aromatic heterocycles. The molecule has 0 amide bonds. The third-order valence-electron chi connectivity index (χ3n) is 1.05. The largest absolute Gasteiger partial charge is 0.291 e. The molecule has 0 bridgehead atoms. The average molecular weight is 162 g/mol. The molecule has 10 heavy (non-hydrogen) atoms. The standard InChI is InChI=1S/C6H5ClFNO/c7-5-3-4(9-10)1-2-6(5)8/h1-3,9-10H. The lowest BCUT2D eigenvalue weighted by Gasteiger charge is -1.98. The van der Waals surface area contributed by atoms with Gasteiger partial charge >= 0.3 is 0 Å². The van der Waals surface area contributed by atoms with Crippen molar-refractivity contribution in [1.29, 1.82) is 0 Å². The number of hydrogen-bond acceptors (Lipinski definition) is 2. The molecule has 0 spiro atoms. The van der Waals surface area contributed by atoms with Crippen LogP contribution in [0.5, 0.6) is 0 Å². The molecule has 2 N–H and O–H groups in total. The van der Waals surface area contributed by atoms with Crippen molar-refractivity contribution >= 4 is 17.3 Å². The van der Waals surface area contributed by atoms with Crippen LogP contribution in [0.1, 0.15) is 0 Å². The first-order valence-corrected chi connectivity index (χ1v) is 2.97. The fourth-order valence-corrected chi connectivity index (χ4v) is 0.746. The summed E-state index contributed by atoms with van der Waals surface area (Å²) in [5, 5.41) is 8.31. The van der Waals surface area contributed by atoms with Gasteiger partial charge in [-0.3, -0.25) is 10.7 Å². The van der Waals surface area contributed by atoms with E-state index in [1.807, 2.05) is 5.48 Å². The Bertz CT molecular complexity index is 241. The molecule has 2 nitrogen and oxygen atoms in total. The first kappa shape index (κ1) is 7.31. The zero-order valence-electron chi connectivity index (χ0n) is 4.94. The molecule has 4 heteroatoms. The number of halogens is 2. The van der Waals surface area contributed by atoms with Crippen LogP contribution >= 0.6 is 11.6 Å². The van der Waals surface area contributed by atoms with Crippen molar-refractivity contribution in [2.24, 2.45) is 0 Å². The summed E-state index contributed by atoms with van der Waals surface area (Å²) >= 11 is 5.37. The van der Waals surface area contributed by atoms with Gasteiger partial charge < -0.3 is 0 Å². The van der Waals surface area contributed by atoms with Gasteiger partial charge in [0.05, 0.1) is 10.7 Å². The second-order valence-electron chi connectivity index (χ2n) is 1.74. The van der Waals surface area contributed by atoms with Crippen LogP contribution < -0.4 is 5.48 Å². The topological polar surface area (TPSA) is 32.3 Å². The van der Waals surface area contributed by atoms with Gasteiger partial charge in [0.25, 0.3) is 0 Å². The average Bonchev–Trinajstić information content (AvgIpc) is 1.95. The van der Waals surface area contributed by atoms with Crippen molar-refractivity contribution in [2.45, 2.75) is 0 Å². The van der Waals surface area contributed by atoms with E-state index >= 15 is 0 Å². The number of rotatable bonds is 1. The molecule has 0 radical (unpaired) electrons. The molecule has 0 aliphatic carbocycles. The molecule has 0 aliphatic heterocycles. The first-order chi connectivity index (χ1) is 4.74. The number of hydrogen-bond donors (Lipinski definition) is 2. The van der Waals surface area contributed by atoms with E-state index in [9.17, 15) is 4.39 Å². The van der Waals surface area contributed by atoms with Crippen LogP contribution in [0.25, 0.3) is 0 Å². The molecule has 1 aromatic carbocycles. The minimum absolute atomic E-state index is 0.0148. The monoisotopic (exact) mass is 161 g/mol. The summed E-state index contributed by atoms with van der Waals surface area (Å²) in [4.78, 5) is 0. The molecule has 0 saturated heterocycles. The zero-order valence-corrected chi connectivity index (χ0v) is 5.69. The SMILES string of the molecule is ONc1ccc(F)c(Cl)c1. The summed E-state index contributed by atoms with van der Waals surface area (Å²) in [6.45, 7) is 0. The predicted molar refractivity (Wildman–Crippen MR) is 36.8 cm³/mol. The van der Waals surface area contributed by atoms with E-state index in [2.05, 4.69) is 0 Å². The summed E-state index contributed by atoms with van der Waals surface area (Å²) in [7, 11) is 0. The Labute approximate surface area is 62.2 Å². The zero-order chi connectivity index (χ0) is 7.56. The van der Waals surface area contributed by atoms with Gasteiger partial charge in [-0.2, -0.15) is 0 Å². The molecule has 0 heterocycles. The summed E-state index contributed by atoms with van der Waals surface area (Å²) < 4.78 is 12.4. The van der Waals surface area contributed by atoms with E-state index in [1.165, 1.54) is 18.2 Å². The van der Waals surface area contributed by atoms with Gasteiger partial charge in [0, 0.05) is 0 Å². The lowest BCUT2D eigenvalue weighted by atomic mass is 10.3. The van der Waals surface area contributed by atoms with E-state index < -0.39 is 5.82 Å². The fraction of sp³-hybridized carbons (Fsp3) is 0. The third kappa shape index (κ3) is 1.37. The van der Waals surface area contributed by atoms with E-state index in [-0.39, 0.29) is 5.02 Å². The van der Waals surface area contributed by atoms with Gasteiger partial charge in [0.2, 0.25) is 0 Å². The second-order valence-corrected chi connectivity index (χ2v) is 2.15. The smallest absolute Gasteiger partial charge is 0.141 e. The second kappa shape index (κ2) is 2.86. The molecule has 0 atom stereocenters. The van der Waals surface area contributed by atoms with Gasteiger partial charge in [-0.15, -0.1) is 0 Å². The van der Waals surface area contributed by atoms with Crippen LogP contribution in [0.2, 0.25) is 5.02 Å². The molecule has 1 aromatic rings. The van der Waals surface area contributed by atoms with Gasteiger partial charge in [-0.05, 0) is 18.2 Å². The van der Waals surface area contributed by atoms with Crippen LogP contribution in [-0.2, 0) is 0 Å². The molecule has 0 aliphatic rings. The Morgan fingerprint density at radius 3 is 2.70 bits per heavy atom. The Kier molecular flexibility index (Phi) is 2.09. The molecule has 0 fully saturated rings. The van der Waals surface area contributed by atoms with Crippen LogP contribution in [0.4, 0.5) is 10.1 Å². The van der Waals surface area contributed by atoms with Crippen LogP contribution in [0, 0.1) is 5.82 Å². The molecule has 1 rings (SSSR count). The van der Waals surface area contributed by atoms with Crippen molar-refractivity contribution in [3.05, 3.63) is 29.0 Å². The normalized spacial score (nSPS) is 9.50. The van der Waals surface area contributed by atoms with Crippen LogP contribution in [0.3, 0.4) is 0 Å². The maximum Gasteiger partial charge on any atom is 0.141 e. The maximum absolute atomic E-state index is 12.4. The van der Waals surface area contributed by atoms with E-state index in [0.717, 1.165) is 0 Å². The Hall–Kier alpha value is -0.800. The molecule has 54 valence electrons. The highest BCUT2D eigenvalue weighted by Crippen LogP contribution is 2.18. The van der Waals surface area contributed by atoms with Crippen molar-refractivity contribution < 1.29 is 9.60 Å². The summed E-state index contributed by atoms with van der Waals surface area (Å²) in [6.07, 6.45) is 0. The number of nitrogens with one attached hydrogen (secondary N) is 1. The van der Waals surface area contributed by atoms with Gasteiger partial charge in [0.1, 0.15) is 5.82 Å². The molecular formula is C6H5ClFNO. The first-order valence-electron chi connectivity index (χ1n) is 2.59. The van der Waals surface area contributed by atoms with Crippen molar-refractivity contribution in [1.82, 2.24) is 0 Å². The van der Waals surface area contributed by atoms with Crippen molar-refractivity contribution in [3.8, 4) is 0 Å². The highest BCUT2D eigenvalue weighted by atomic mass is 35.5. The minimum atomic E-state index is -0.499. The lowest BCUT2D eigenvalue weighted by Crippen LogP contribution is -1.88. The molecule has 0 unspecified atom stereocenters. The van der Waals surface area contributed by atoms with Gasteiger partial charge in [-0.25, -0.2) is 4.39 Å². The highest BCUT2D eigenvalue weighted by molar-refractivity contribution is 6.31. The molecular weight excluding hydrogens is 157 g/mol. The number of anilines is 1. The fourth-order valence-electron chi connectivity index (χ4n) is 0.566. The van der Waals surface area contributed by atoms with Gasteiger partial charge in [-0.1, -0.05) is 11.6 Å². The lowest BCUT2D eigenvalue weighted by molar-refractivity contribution is 0.389. The Morgan fingerprint density at radius 1 is 1.50 bits per heavy atom. The van der Waals surface area contributed by atoms with E-state index in [4.69, 9.17) is 16.8 Å². The number of benzene rings is 1. The quantitative estimate of drug-likeness (QED) is 0.620. The minimum Gasteiger partial charge on any atom is -0.291 e.